The molecule has 1 aliphatic carbocycles. The van der Waals surface area contributed by atoms with Crippen molar-refractivity contribution in [3.8, 4) is 0 Å². The summed E-state index contributed by atoms with van der Waals surface area (Å²) in [5, 5.41) is 13.1. The molecule has 0 atom stereocenters. The molecule has 0 spiro atoms. The average Bonchev–Trinajstić information content (AvgIpc) is 2.84. The molecule has 2 N–H and O–H groups in total. The normalized spacial score (nSPS) is 16.9. The van der Waals surface area contributed by atoms with E-state index in [1.165, 1.54) is 17.4 Å². The number of carbonyl (C=O) groups excluding carboxylic acids is 1. The molecule has 1 aromatic rings. The monoisotopic (exact) mass is 295 g/mol. The minimum Gasteiger partial charge on any atom is -0.478 e. The number of carboxylic acid groups (broad SMARTS) is 1. The van der Waals surface area contributed by atoms with Gasteiger partial charge in [0.05, 0.1) is 11.2 Å². The van der Waals surface area contributed by atoms with Crippen molar-refractivity contribution in [1.29, 1.82) is 0 Å². The van der Waals surface area contributed by atoms with Crippen LogP contribution in [0.5, 0.6) is 0 Å². The molecule has 1 saturated carbocycles. The Labute approximate surface area is 121 Å². The smallest absolute Gasteiger partial charge is 0.328 e. The Morgan fingerprint density at radius 1 is 1.55 bits per heavy atom. The summed E-state index contributed by atoms with van der Waals surface area (Å²) in [6.07, 6.45) is 5.61. The number of carbonyl (C=O) groups is 2. The van der Waals surface area contributed by atoms with E-state index in [1.807, 2.05) is 0 Å². The molecule has 0 aliphatic heterocycles. The summed E-state index contributed by atoms with van der Waals surface area (Å²) >= 11 is 1.34. The number of methoxy groups -OCH3 is 1. The zero-order valence-electron chi connectivity index (χ0n) is 11.2. The van der Waals surface area contributed by atoms with Crippen LogP contribution in [0.4, 0.5) is 0 Å². The van der Waals surface area contributed by atoms with Crippen LogP contribution in [0, 0.1) is 0 Å². The van der Waals surface area contributed by atoms with Gasteiger partial charge in [-0.25, -0.2) is 4.79 Å². The summed E-state index contributed by atoms with van der Waals surface area (Å²) in [6.45, 7) is 0.512. The highest BCUT2D eigenvalue weighted by Crippen LogP contribution is 2.34. The van der Waals surface area contributed by atoms with E-state index in [2.05, 4.69) is 5.32 Å². The van der Waals surface area contributed by atoms with E-state index in [0.29, 0.717) is 12.1 Å². The van der Waals surface area contributed by atoms with Crippen molar-refractivity contribution < 1.29 is 19.4 Å². The van der Waals surface area contributed by atoms with Crippen molar-refractivity contribution in [1.82, 2.24) is 5.32 Å². The third kappa shape index (κ3) is 3.46. The number of thiophene rings is 1. The maximum absolute atomic E-state index is 12.0. The van der Waals surface area contributed by atoms with Gasteiger partial charge in [-0.1, -0.05) is 0 Å². The molecule has 2 rings (SSSR count). The molecule has 0 aromatic carbocycles. The lowest BCUT2D eigenvalue weighted by Gasteiger charge is -2.40. The maximum atomic E-state index is 12.0. The lowest BCUT2D eigenvalue weighted by molar-refractivity contribution is -0.131. The Hall–Kier alpha value is -1.66. The molecule has 5 nitrogen and oxygen atoms in total. The van der Waals surface area contributed by atoms with Crippen LogP contribution in [0.25, 0.3) is 6.08 Å². The standard InChI is InChI=1S/C14H17NO4S/c1-19-14(5-2-6-14)9-15-13(18)10-7-11(20-8-10)3-4-12(16)17/h3-4,7-8H,2,5-6,9H2,1H3,(H,15,18)(H,16,17)/b4-3+. The first-order chi connectivity index (χ1) is 9.54. The molecule has 108 valence electrons. The molecule has 0 saturated heterocycles. The van der Waals surface area contributed by atoms with Gasteiger partial charge < -0.3 is 15.2 Å². The fourth-order valence-electron chi connectivity index (χ4n) is 2.08. The summed E-state index contributed by atoms with van der Waals surface area (Å²) in [4.78, 5) is 23.2. The van der Waals surface area contributed by atoms with Gasteiger partial charge in [-0.3, -0.25) is 4.79 Å². The zero-order valence-corrected chi connectivity index (χ0v) is 12.0. The molecule has 0 unspecified atom stereocenters. The first-order valence-electron chi connectivity index (χ1n) is 6.37. The van der Waals surface area contributed by atoms with Crippen molar-refractivity contribution in [2.24, 2.45) is 0 Å². The van der Waals surface area contributed by atoms with Crippen LogP contribution in [0.2, 0.25) is 0 Å². The largest absolute Gasteiger partial charge is 0.478 e. The van der Waals surface area contributed by atoms with Crippen molar-refractivity contribution in [2.75, 3.05) is 13.7 Å². The molecule has 6 heteroatoms. The van der Waals surface area contributed by atoms with E-state index in [1.54, 1.807) is 18.6 Å². The number of nitrogens with one attached hydrogen (secondary N) is 1. The molecule has 20 heavy (non-hydrogen) atoms. The van der Waals surface area contributed by atoms with Gasteiger partial charge >= 0.3 is 5.97 Å². The van der Waals surface area contributed by atoms with E-state index in [0.717, 1.165) is 30.2 Å². The van der Waals surface area contributed by atoms with Gasteiger partial charge in [0.15, 0.2) is 0 Å². The highest BCUT2D eigenvalue weighted by Gasteiger charge is 2.37. The van der Waals surface area contributed by atoms with Crippen LogP contribution < -0.4 is 5.32 Å². The summed E-state index contributed by atoms with van der Waals surface area (Å²) in [7, 11) is 1.67. The van der Waals surface area contributed by atoms with Gasteiger partial charge in [0.2, 0.25) is 0 Å². The molecule has 1 heterocycles. The average molecular weight is 295 g/mol. The molecule has 1 amide bonds. The summed E-state index contributed by atoms with van der Waals surface area (Å²) in [5.74, 6) is -1.16. The van der Waals surface area contributed by atoms with Crippen LogP contribution in [0.3, 0.4) is 0 Å². The number of rotatable bonds is 6. The minimum absolute atomic E-state index is 0.153. The van der Waals surface area contributed by atoms with Crippen LogP contribution in [0.1, 0.15) is 34.5 Å². The van der Waals surface area contributed by atoms with Crippen molar-refractivity contribution in [3.63, 3.8) is 0 Å². The number of carboxylic acids is 1. The number of amides is 1. The first-order valence-corrected chi connectivity index (χ1v) is 7.25. The van der Waals surface area contributed by atoms with Gasteiger partial charge in [0, 0.05) is 30.0 Å². The molecule has 0 bridgehead atoms. The summed E-state index contributed by atoms with van der Waals surface area (Å²) in [6, 6.07) is 1.68. The second kappa shape index (κ2) is 6.19. The zero-order chi connectivity index (χ0) is 14.6. The van der Waals surface area contributed by atoms with Crippen LogP contribution in [0.15, 0.2) is 17.5 Å². The highest BCUT2D eigenvalue weighted by molar-refractivity contribution is 7.11. The van der Waals surface area contributed by atoms with Gasteiger partial charge in [-0.2, -0.15) is 0 Å². The second-order valence-electron chi connectivity index (χ2n) is 4.83. The van der Waals surface area contributed by atoms with Crippen LogP contribution in [-0.4, -0.2) is 36.2 Å². The maximum Gasteiger partial charge on any atom is 0.328 e. The Kier molecular flexibility index (Phi) is 4.57. The molecule has 1 aromatic heterocycles. The van der Waals surface area contributed by atoms with E-state index in [4.69, 9.17) is 9.84 Å². The summed E-state index contributed by atoms with van der Waals surface area (Å²) < 4.78 is 5.44. The third-order valence-electron chi connectivity index (χ3n) is 3.54. The van der Waals surface area contributed by atoms with Crippen molar-refractivity contribution >= 4 is 29.3 Å². The quantitative estimate of drug-likeness (QED) is 0.788. The first kappa shape index (κ1) is 14.7. The fraction of sp³-hybridized carbons (Fsp3) is 0.429. The predicted octanol–water partition coefficient (Wildman–Crippen LogP) is 2.14. The predicted molar refractivity (Wildman–Crippen MR) is 76.9 cm³/mol. The van der Waals surface area contributed by atoms with E-state index >= 15 is 0 Å². The Morgan fingerprint density at radius 2 is 2.30 bits per heavy atom. The number of hydrogen-bond acceptors (Lipinski definition) is 4. The molecule has 1 aliphatic rings. The van der Waals surface area contributed by atoms with Gasteiger partial charge in [-0.15, -0.1) is 11.3 Å². The van der Waals surface area contributed by atoms with Gasteiger partial charge in [0.25, 0.3) is 5.91 Å². The van der Waals surface area contributed by atoms with Crippen molar-refractivity contribution in [2.45, 2.75) is 24.9 Å². The van der Waals surface area contributed by atoms with Crippen LogP contribution >= 0.6 is 11.3 Å². The Bertz CT molecular complexity index is 526. The number of hydrogen-bond donors (Lipinski definition) is 2. The van der Waals surface area contributed by atoms with E-state index < -0.39 is 5.97 Å². The molecule has 1 fully saturated rings. The molecular formula is C14H17NO4S. The minimum atomic E-state index is -1.00. The lowest BCUT2D eigenvalue weighted by Crippen LogP contribution is -2.49. The second-order valence-corrected chi connectivity index (χ2v) is 5.78. The van der Waals surface area contributed by atoms with Crippen molar-refractivity contribution in [3.05, 3.63) is 28.0 Å². The number of aliphatic carboxylic acids is 1. The van der Waals surface area contributed by atoms with Crippen LogP contribution in [-0.2, 0) is 9.53 Å². The molecular weight excluding hydrogens is 278 g/mol. The highest BCUT2D eigenvalue weighted by atomic mass is 32.1. The third-order valence-corrected chi connectivity index (χ3v) is 4.44. The summed E-state index contributed by atoms with van der Waals surface area (Å²) in [5.41, 5.74) is 0.350. The van der Waals surface area contributed by atoms with Gasteiger partial charge in [-0.05, 0) is 31.4 Å². The van der Waals surface area contributed by atoms with E-state index in [-0.39, 0.29) is 11.5 Å². The fourth-order valence-corrected chi connectivity index (χ4v) is 2.86. The topological polar surface area (TPSA) is 75.6 Å². The van der Waals surface area contributed by atoms with Gasteiger partial charge in [0.1, 0.15) is 0 Å². The van der Waals surface area contributed by atoms with E-state index in [9.17, 15) is 9.59 Å². The Morgan fingerprint density at radius 3 is 2.85 bits per heavy atom. The molecule has 0 radical (unpaired) electrons. The lowest BCUT2D eigenvalue weighted by atomic mass is 9.80. The SMILES string of the molecule is COC1(CNC(=O)c2csc(/C=C/C(=O)O)c2)CCC1. The number of ether oxygens (including phenoxy) is 1. The Balaban J connectivity index is 1.91.